The molecule has 1 aliphatic heterocycles. The Morgan fingerprint density at radius 3 is 2.41 bits per heavy atom. The first kappa shape index (κ1) is 19.8. The average molecular weight is 407 g/mol. The van der Waals surface area contributed by atoms with Gasteiger partial charge in [0.1, 0.15) is 0 Å². The van der Waals surface area contributed by atoms with Crippen molar-refractivity contribution in [3.8, 4) is 0 Å². The van der Waals surface area contributed by atoms with Gasteiger partial charge in [-0.3, -0.25) is 14.5 Å². The van der Waals surface area contributed by atoms with Gasteiger partial charge in [0, 0.05) is 50.4 Å². The van der Waals surface area contributed by atoms with E-state index in [-0.39, 0.29) is 11.7 Å². The topological polar surface area (TPSA) is 40.6 Å². The molecule has 0 aliphatic carbocycles. The highest BCUT2D eigenvalue weighted by molar-refractivity contribution is 7.14. The molecule has 0 N–H and O–H groups in total. The van der Waals surface area contributed by atoms with E-state index in [1.165, 1.54) is 27.7 Å². The van der Waals surface area contributed by atoms with Crippen molar-refractivity contribution in [1.82, 2.24) is 9.80 Å². The Bertz CT molecular complexity index is 1010. The van der Waals surface area contributed by atoms with Crippen molar-refractivity contribution < 1.29 is 9.59 Å². The van der Waals surface area contributed by atoms with E-state index in [1.807, 2.05) is 24.0 Å². The molecule has 2 aromatic carbocycles. The standard InChI is InChI=1S/C24H26N2O2S/c1-18-9-11-23(29-18)22(27)10-12-24(28)26-15-13-25(14-16-26)17-20-7-4-6-19-5-2-3-8-21(19)20/h2-9,11H,10,12-17H2,1H3. The van der Waals surface area contributed by atoms with E-state index in [9.17, 15) is 9.59 Å². The van der Waals surface area contributed by atoms with Gasteiger partial charge < -0.3 is 4.90 Å². The molecular weight excluding hydrogens is 380 g/mol. The van der Waals surface area contributed by atoms with Crippen LogP contribution in [0.4, 0.5) is 0 Å². The molecule has 0 spiro atoms. The number of carbonyl (C=O) groups excluding carboxylic acids is 2. The molecule has 29 heavy (non-hydrogen) atoms. The molecule has 2 heterocycles. The van der Waals surface area contributed by atoms with E-state index >= 15 is 0 Å². The lowest BCUT2D eigenvalue weighted by Gasteiger charge is -2.35. The van der Waals surface area contributed by atoms with Gasteiger partial charge in [0.05, 0.1) is 4.88 Å². The summed E-state index contributed by atoms with van der Waals surface area (Å²) in [5.74, 6) is 0.169. The quantitative estimate of drug-likeness (QED) is 0.565. The maximum atomic E-state index is 12.5. The zero-order valence-electron chi connectivity index (χ0n) is 16.8. The van der Waals surface area contributed by atoms with Crippen molar-refractivity contribution in [2.45, 2.75) is 26.3 Å². The van der Waals surface area contributed by atoms with Crippen LogP contribution in [0.15, 0.2) is 54.6 Å². The molecule has 0 bridgehead atoms. The molecule has 4 rings (SSSR count). The van der Waals surface area contributed by atoms with Gasteiger partial charge in [-0.05, 0) is 35.4 Å². The Balaban J connectivity index is 1.27. The fourth-order valence-electron chi connectivity index (χ4n) is 3.91. The number of carbonyl (C=O) groups is 2. The molecule has 4 nitrogen and oxygen atoms in total. The summed E-state index contributed by atoms with van der Waals surface area (Å²) >= 11 is 1.50. The highest BCUT2D eigenvalue weighted by Gasteiger charge is 2.22. The number of amides is 1. The number of thiophene rings is 1. The van der Waals surface area contributed by atoms with Crippen LogP contribution in [-0.2, 0) is 11.3 Å². The van der Waals surface area contributed by atoms with Crippen LogP contribution in [0, 0.1) is 6.92 Å². The number of piperazine rings is 1. The molecule has 1 aliphatic rings. The highest BCUT2D eigenvalue weighted by Crippen LogP contribution is 2.21. The molecule has 0 unspecified atom stereocenters. The maximum absolute atomic E-state index is 12.5. The van der Waals surface area contributed by atoms with Crippen molar-refractivity contribution in [1.29, 1.82) is 0 Å². The highest BCUT2D eigenvalue weighted by atomic mass is 32.1. The number of hydrogen-bond donors (Lipinski definition) is 0. The van der Waals surface area contributed by atoms with E-state index in [0.29, 0.717) is 12.8 Å². The Labute approximate surface area is 175 Å². The number of aryl methyl sites for hydroxylation is 1. The van der Waals surface area contributed by atoms with E-state index < -0.39 is 0 Å². The largest absolute Gasteiger partial charge is 0.340 e. The number of hydrogen-bond acceptors (Lipinski definition) is 4. The van der Waals surface area contributed by atoms with Gasteiger partial charge in [-0.25, -0.2) is 0 Å². The number of fused-ring (bicyclic) bond motifs is 1. The molecule has 1 aromatic heterocycles. The lowest BCUT2D eigenvalue weighted by molar-refractivity contribution is -0.132. The molecule has 0 atom stereocenters. The zero-order valence-corrected chi connectivity index (χ0v) is 17.6. The number of rotatable bonds is 6. The summed E-state index contributed by atoms with van der Waals surface area (Å²) in [7, 11) is 0. The van der Waals surface area contributed by atoms with Crippen LogP contribution in [0.1, 0.15) is 33.0 Å². The fraction of sp³-hybridized carbons (Fsp3) is 0.333. The van der Waals surface area contributed by atoms with Crippen LogP contribution >= 0.6 is 11.3 Å². The van der Waals surface area contributed by atoms with Gasteiger partial charge >= 0.3 is 0 Å². The molecular formula is C24H26N2O2S. The third-order valence-electron chi connectivity index (χ3n) is 5.58. The Hall–Kier alpha value is -2.50. The zero-order chi connectivity index (χ0) is 20.2. The SMILES string of the molecule is Cc1ccc(C(=O)CCC(=O)N2CCN(Cc3cccc4ccccc34)CC2)s1. The molecule has 5 heteroatoms. The lowest BCUT2D eigenvalue weighted by atomic mass is 10.0. The average Bonchev–Trinajstić information content (AvgIpc) is 3.19. The molecule has 150 valence electrons. The molecule has 0 radical (unpaired) electrons. The summed E-state index contributed by atoms with van der Waals surface area (Å²) in [6.07, 6.45) is 0.605. The second-order valence-corrected chi connectivity index (χ2v) is 8.92. The molecule has 1 saturated heterocycles. The van der Waals surface area contributed by atoms with Gasteiger partial charge in [-0.1, -0.05) is 42.5 Å². The second kappa shape index (κ2) is 8.89. The maximum Gasteiger partial charge on any atom is 0.223 e. The van der Waals surface area contributed by atoms with Crippen LogP contribution in [0.5, 0.6) is 0 Å². The Kier molecular flexibility index (Phi) is 6.07. The second-order valence-electron chi connectivity index (χ2n) is 7.63. The first-order chi connectivity index (χ1) is 14.1. The molecule has 3 aromatic rings. The van der Waals surface area contributed by atoms with E-state index in [2.05, 4.69) is 47.4 Å². The third-order valence-corrected chi connectivity index (χ3v) is 6.62. The first-order valence-electron chi connectivity index (χ1n) is 10.2. The Morgan fingerprint density at radius 2 is 1.66 bits per heavy atom. The molecule has 1 fully saturated rings. The number of benzene rings is 2. The van der Waals surface area contributed by atoms with Crippen molar-refractivity contribution in [3.05, 3.63) is 69.9 Å². The normalized spacial score (nSPS) is 15.0. The summed E-state index contributed by atoms with van der Waals surface area (Å²) in [4.78, 5) is 31.0. The van der Waals surface area contributed by atoms with Crippen LogP contribution in [0.2, 0.25) is 0 Å². The predicted molar refractivity (Wildman–Crippen MR) is 118 cm³/mol. The smallest absolute Gasteiger partial charge is 0.223 e. The summed E-state index contributed by atoms with van der Waals surface area (Å²) in [6, 6.07) is 18.7. The number of Topliss-reactive ketones (excluding diaryl/α,β-unsaturated/α-hetero) is 1. The minimum absolute atomic E-state index is 0.0750. The number of ketones is 1. The van der Waals surface area contributed by atoms with Crippen molar-refractivity contribution in [2.24, 2.45) is 0 Å². The van der Waals surface area contributed by atoms with E-state index in [0.717, 1.165) is 42.5 Å². The van der Waals surface area contributed by atoms with Crippen LogP contribution in [0.25, 0.3) is 10.8 Å². The summed E-state index contributed by atoms with van der Waals surface area (Å²) in [5.41, 5.74) is 1.33. The number of nitrogens with zero attached hydrogens (tertiary/aromatic N) is 2. The van der Waals surface area contributed by atoms with Crippen molar-refractivity contribution in [2.75, 3.05) is 26.2 Å². The van der Waals surface area contributed by atoms with Gasteiger partial charge in [0.15, 0.2) is 5.78 Å². The fourth-order valence-corrected chi connectivity index (χ4v) is 4.75. The summed E-state index contributed by atoms with van der Waals surface area (Å²) < 4.78 is 0. The van der Waals surface area contributed by atoms with Gasteiger partial charge in [-0.15, -0.1) is 11.3 Å². The summed E-state index contributed by atoms with van der Waals surface area (Å²) in [5, 5.41) is 2.57. The Morgan fingerprint density at radius 1 is 0.897 bits per heavy atom. The third kappa shape index (κ3) is 4.74. The van der Waals surface area contributed by atoms with Crippen molar-refractivity contribution in [3.63, 3.8) is 0 Å². The van der Waals surface area contributed by atoms with Crippen LogP contribution in [0.3, 0.4) is 0 Å². The van der Waals surface area contributed by atoms with Crippen molar-refractivity contribution >= 4 is 33.8 Å². The minimum atomic E-state index is 0.0750. The van der Waals surface area contributed by atoms with Gasteiger partial charge in [-0.2, -0.15) is 0 Å². The van der Waals surface area contributed by atoms with E-state index in [1.54, 1.807) is 0 Å². The van der Waals surface area contributed by atoms with Gasteiger partial charge in [0.2, 0.25) is 5.91 Å². The molecule has 0 saturated carbocycles. The van der Waals surface area contributed by atoms with Crippen LogP contribution in [-0.4, -0.2) is 47.7 Å². The predicted octanol–water partition coefficient (Wildman–Crippen LogP) is 4.52. The lowest BCUT2D eigenvalue weighted by Crippen LogP contribution is -2.48. The monoisotopic (exact) mass is 406 g/mol. The van der Waals surface area contributed by atoms with Gasteiger partial charge in [0.25, 0.3) is 0 Å². The minimum Gasteiger partial charge on any atom is -0.340 e. The first-order valence-corrected chi connectivity index (χ1v) is 11.0. The summed E-state index contributed by atoms with van der Waals surface area (Å²) in [6.45, 7) is 6.09. The van der Waals surface area contributed by atoms with E-state index in [4.69, 9.17) is 0 Å². The van der Waals surface area contributed by atoms with Crippen LogP contribution < -0.4 is 0 Å². The molecule has 1 amide bonds.